The maximum absolute atomic E-state index is 10.9. The Labute approximate surface area is 105 Å². The number of ether oxygens (including phenoxy) is 3. The first-order valence-corrected chi connectivity index (χ1v) is 5.93. The number of fused-ring (bicyclic) bond motifs is 1. The monoisotopic (exact) mass is 252 g/mol. The lowest BCUT2D eigenvalue weighted by molar-refractivity contribution is -0.151. The van der Waals surface area contributed by atoms with Crippen molar-refractivity contribution >= 4 is 5.97 Å². The van der Waals surface area contributed by atoms with E-state index in [1.807, 2.05) is 19.1 Å². The largest absolute Gasteiger partial charge is 0.479 e. The molecule has 98 valence electrons. The van der Waals surface area contributed by atoms with E-state index >= 15 is 0 Å². The first-order chi connectivity index (χ1) is 8.70. The van der Waals surface area contributed by atoms with Crippen LogP contribution < -0.4 is 9.47 Å². The van der Waals surface area contributed by atoms with Gasteiger partial charge in [0.1, 0.15) is 0 Å². The van der Waals surface area contributed by atoms with E-state index in [0.717, 1.165) is 12.0 Å². The summed E-state index contributed by atoms with van der Waals surface area (Å²) in [4.78, 5) is 10.9. The van der Waals surface area contributed by atoms with Crippen LogP contribution >= 0.6 is 0 Å². The standard InChI is InChI=1S/C13H16O5/c1-2-3-11(13(14)15)16-7-9-4-5-10-12(6-9)18-8-17-10/h4-6,11H,2-3,7-8H2,1H3,(H,14,15). The van der Waals surface area contributed by atoms with Gasteiger partial charge in [-0.05, 0) is 24.1 Å². The number of hydrogen-bond donors (Lipinski definition) is 1. The molecule has 0 aliphatic carbocycles. The molecule has 0 amide bonds. The van der Waals surface area contributed by atoms with Crippen molar-refractivity contribution < 1.29 is 24.1 Å². The molecule has 1 aromatic rings. The van der Waals surface area contributed by atoms with Crippen LogP contribution in [-0.2, 0) is 16.1 Å². The molecule has 0 spiro atoms. The van der Waals surface area contributed by atoms with Gasteiger partial charge in [0.15, 0.2) is 17.6 Å². The zero-order valence-electron chi connectivity index (χ0n) is 10.2. The second-order valence-electron chi connectivity index (χ2n) is 4.11. The van der Waals surface area contributed by atoms with Gasteiger partial charge in [-0.3, -0.25) is 0 Å². The molecule has 1 aliphatic heterocycles. The summed E-state index contributed by atoms with van der Waals surface area (Å²) in [5.74, 6) is 0.471. The number of aliphatic carboxylic acids is 1. The Kier molecular flexibility index (Phi) is 4.04. The fourth-order valence-corrected chi connectivity index (χ4v) is 1.77. The van der Waals surface area contributed by atoms with Gasteiger partial charge in [0.05, 0.1) is 6.61 Å². The average molecular weight is 252 g/mol. The molecule has 1 unspecified atom stereocenters. The highest BCUT2D eigenvalue weighted by Gasteiger charge is 2.18. The molecule has 0 bridgehead atoms. The van der Waals surface area contributed by atoms with Gasteiger partial charge in [0.2, 0.25) is 6.79 Å². The summed E-state index contributed by atoms with van der Waals surface area (Å²) >= 11 is 0. The van der Waals surface area contributed by atoms with Gasteiger partial charge in [0, 0.05) is 0 Å². The maximum atomic E-state index is 10.9. The van der Waals surface area contributed by atoms with E-state index in [4.69, 9.17) is 19.3 Å². The Morgan fingerprint density at radius 3 is 2.94 bits per heavy atom. The predicted molar refractivity (Wildman–Crippen MR) is 63.7 cm³/mol. The van der Waals surface area contributed by atoms with Crippen molar-refractivity contribution in [1.82, 2.24) is 0 Å². The lowest BCUT2D eigenvalue weighted by atomic mass is 10.2. The predicted octanol–water partition coefficient (Wildman–Crippen LogP) is 2.19. The lowest BCUT2D eigenvalue weighted by Gasteiger charge is -2.12. The molecule has 5 nitrogen and oxygen atoms in total. The summed E-state index contributed by atoms with van der Waals surface area (Å²) in [5.41, 5.74) is 0.876. The van der Waals surface area contributed by atoms with Gasteiger partial charge in [0.25, 0.3) is 0 Å². The van der Waals surface area contributed by atoms with Gasteiger partial charge >= 0.3 is 5.97 Å². The molecule has 1 N–H and O–H groups in total. The fourth-order valence-electron chi connectivity index (χ4n) is 1.77. The maximum Gasteiger partial charge on any atom is 0.332 e. The van der Waals surface area contributed by atoms with Crippen LogP contribution in [-0.4, -0.2) is 24.0 Å². The zero-order valence-corrected chi connectivity index (χ0v) is 10.2. The van der Waals surface area contributed by atoms with Gasteiger partial charge in [-0.2, -0.15) is 0 Å². The summed E-state index contributed by atoms with van der Waals surface area (Å²) < 4.78 is 15.8. The number of benzene rings is 1. The second-order valence-corrected chi connectivity index (χ2v) is 4.11. The SMILES string of the molecule is CCCC(OCc1ccc2c(c1)OCO2)C(=O)O. The van der Waals surface area contributed by atoms with Crippen LogP contribution in [0.15, 0.2) is 18.2 Å². The van der Waals surface area contributed by atoms with Crippen LogP contribution in [0, 0.1) is 0 Å². The minimum absolute atomic E-state index is 0.229. The van der Waals surface area contributed by atoms with Crippen molar-refractivity contribution in [1.29, 1.82) is 0 Å². The zero-order chi connectivity index (χ0) is 13.0. The smallest absolute Gasteiger partial charge is 0.332 e. The number of hydrogen-bond acceptors (Lipinski definition) is 4. The molecule has 2 rings (SSSR count). The molecule has 1 aliphatic rings. The van der Waals surface area contributed by atoms with Crippen LogP contribution in [0.2, 0.25) is 0 Å². The summed E-state index contributed by atoms with van der Waals surface area (Å²) in [5, 5.41) is 8.97. The van der Waals surface area contributed by atoms with Crippen molar-refractivity contribution in [2.75, 3.05) is 6.79 Å². The van der Waals surface area contributed by atoms with E-state index in [-0.39, 0.29) is 13.4 Å². The molecule has 5 heteroatoms. The Morgan fingerprint density at radius 1 is 1.44 bits per heavy atom. The van der Waals surface area contributed by atoms with E-state index in [2.05, 4.69) is 0 Å². The van der Waals surface area contributed by atoms with E-state index in [9.17, 15) is 4.79 Å². The number of rotatable bonds is 6. The van der Waals surface area contributed by atoms with Gasteiger partial charge < -0.3 is 19.3 Å². The summed E-state index contributed by atoms with van der Waals surface area (Å²) in [6, 6.07) is 5.46. The topological polar surface area (TPSA) is 65.0 Å². The third kappa shape index (κ3) is 2.92. The minimum atomic E-state index is -0.919. The normalized spacial score (nSPS) is 14.5. The third-order valence-corrected chi connectivity index (χ3v) is 2.71. The van der Waals surface area contributed by atoms with Gasteiger partial charge in [-0.25, -0.2) is 4.79 Å². The molecule has 0 fully saturated rings. The highest BCUT2D eigenvalue weighted by atomic mass is 16.7. The van der Waals surface area contributed by atoms with E-state index in [0.29, 0.717) is 17.9 Å². The second kappa shape index (κ2) is 5.73. The average Bonchev–Trinajstić information content (AvgIpc) is 2.81. The van der Waals surface area contributed by atoms with E-state index in [1.54, 1.807) is 6.07 Å². The molecule has 1 aromatic carbocycles. The molecule has 0 radical (unpaired) electrons. The van der Waals surface area contributed by atoms with Crippen LogP contribution in [0.5, 0.6) is 11.5 Å². The Bertz CT molecular complexity index is 429. The molecule has 0 saturated heterocycles. The van der Waals surface area contributed by atoms with Crippen molar-refractivity contribution in [3.63, 3.8) is 0 Å². The van der Waals surface area contributed by atoms with Crippen molar-refractivity contribution in [3.8, 4) is 11.5 Å². The number of carboxylic acids is 1. The summed E-state index contributed by atoms with van der Waals surface area (Å²) in [7, 11) is 0. The lowest BCUT2D eigenvalue weighted by Crippen LogP contribution is -2.23. The highest BCUT2D eigenvalue weighted by Crippen LogP contribution is 2.32. The van der Waals surface area contributed by atoms with Crippen LogP contribution in [0.4, 0.5) is 0 Å². The fraction of sp³-hybridized carbons (Fsp3) is 0.462. The van der Waals surface area contributed by atoms with Crippen molar-refractivity contribution in [2.24, 2.45) is 0 Å². The molecule has 18 heavy (non-hydrogen) atoms. The molecular formula is C13H16O5. The Hall–Kier alpha value is -1.75. The van der Waals surface area contributed by atoms with Crippen molar-refractivity contribution in [2.45, 2.75) is 32.5 Å². The Morgan fingerprint density at radius 2 is 2.22 bits per heavy atom. The molecule has 1 heterocycles. The van der Waals surface area contributed by atoms with Gasteiger partial charge in [-0.15, -0.1) is 0 Å². The minimum Gasteiger partial charge on any atom is -0.479 e. The van der Waals surface area contributed by atoms with Crippen LogP contribution in [0.1, 0.15) is 25.3 Å². The van der Waals surface area contributed by atoms with Gasteiger partial charge in [-0.1, -0.05) is 19.4 Å². The quantitative estimate of drug-likeness (QED) is 0.840. The van der Waals surface area contributed by atoms with E-state index in [1.165, 1.54) is 0 Å². The third-order valence-electron chi connectivity index (χ3n) is 2.71. The highest BCUT2D eigenvalue weighted by molar-refractivity contribution is 5.72. The molecular weight excluding hydrogens is 236 g/mol. The molecule has 1 atom stereocenters. The molecule has 0 aromatic heterocycles. The van der Waals surface area contributed by atoms with Crippen molar-refractivity contribution in [3.05, 3.63) is 23.8 Å². The Balaban J connectivity index is 1.95. The first-order valence-electron chi connectivity index (χ1n) is 5.93. The first kappa shape index (κ1) is 12.7. The molecule has 0 saturated carbocycles. The van der Waals surface area contributed by atoms with Crippen LogP contribution in [0.3, 0.4) is 0 Å². The summed E-state index contributed by atoms with van der Waals surface area (Å²) in [6.07, 6.45) is 0.540. The number of carboxylic acid groups (broad SMARTS) is 1. The summed E-state index contributed by atoms with van der Waals surface area (Å²) in [6.45, 7) is 2.42. The van der Waals surface area contributed by atoms with Crippen LogP contribution in [0.25, 0.3) is 0 Å². The van der Waals surface area contributed by atoms with E-state index < -0.39 is 12.1 Å². The number of carbonyl (C=O) groups is 1.